The van der Waals surface area contributed by atoms with Gasteiger partial charge in [0.1, 0.15) is 17.3 Å². The molecule has 0 saturated carbocycles. The van der Waals surface area contributed by atoms with Gasteiger partial charge in [-0.25, -0.2) is 7.69 Å². The minimum Gasteiger partial charge on any atom is -0.900 e. The van der Waals surface area contributed by atoms with E-state index in [2.05, 4.69) is 20.8 Å². The van der Waals surface area contributed by atoms with E-state index < -0.39 is 7.69 Å². The first-order chi connectivity index (χ1) is 4.76. The molecule has 0 rings (SSSR count). The minimum atomic E-state index is -0.500. The topological polar surface area (TPSA) is 76.1 Å². The Kier molecular flexibility index (Phi) is 43.8. The Morgan fingerprint density at radius 2 is 1.17 bits per heavy atom. The summed E-state index contributed by atoms with van der Waals surface area (Å²) in [6, 6.07) is 0. The van der Waals surface area contributed by atoms with E-state index in [0.717, 1.165) is 10.9 Å². The van der Waals surface area contributed by atoms with Crippen molar-refractivity contribution in [2.24, 2.45) is 0 Å². The van der Waals surface area contributed by atoms with Gasteiger partial charge >= 0.3 is 23.1 Å². The van der Waals surface area contributed by atoms with Gasteiger partial charge < -0.3 is 15.5 Å². The van der Waals surface area contributed by atoms with Gasteiger partial charge in [-0.3, -0.25) is 0 Å². The molecule has 0 aliphatic carbocycles. The van der Waals surface area contributed by atoms with Crippen LogP contribution in [0.2, 0.25) is 0 Å². The van der Waals surface area contributed by atoms with Crippen molar-refractivity contribution >= 4 is 41.6 Å². The van der Waals surface area contributed by atoms with Crippen LogP contribution in [-0.4, -0.2) is 53.5 Å². The van der Waals surface area contributed by atoms with Gasteiger partial charge in [0.25, 0.3) is 0 Å². The number of rotatable bonds is 3. The summed E-state index contributed by atoms with van der Waals surface area (Å²) in [4.78, 5) is 0. The molecule has 0 unspecified atom stereocenters. The van der Waals surface area contributed by atoms with E-state index in [4.69, 9.17) is 10.0 Å². The van der Waals surface area contributed by atoms with Crippen LogP contribution in [0.3, 0.4) is 0 Å². The maximum absolute atomic E-state index is 8.25. The van der Waals surface area contributed by atoms with Gasteiger partial charge in [-0.05, 0) is 31.7 Å². The van der Waals surface area contributed by atoms with Crippen molar-refractivity contribution in [2.75, 3.05) is 17.3 Å². The van der Waals surface area contributed by atoms with E-state index in [1.807, 2.05) is 0 Å². The van der Waals surface area contributed by atoms with Crippen LogP contribution in [0.15, 0.2) is 0 Å². The standard InChI is InChI=1S/C6H15S.BO2.Mg.H2O/c1-4-7(5-2)6-3;2-1-3;;/h4-6H2,1-3H3;;;1H2/q+1;-2;+2;/p-1. The van der Waals surface area contributed by atoms with Crippen LogP contribution >= 0.6 is 0 Å². The van der Waals surface area contributed by atoms with Gasteiger partial charge in [-0.15, -0.1) is 0 Å². The maximum Gasteiger partial charge on any atom is 2.00 e. The van der Waals surface area contributed by atoms with Gasteiger partial charge in [-0.1, -0.05) is 0 Å². The van der Waals surface area contributed by atoms with Gasteiger partial charge in [0, 0.05) is 0 Å². The summed E-state index contributed by atoms with van der Waals surface area (Å²) in [7, 11) is 0.255. The van der Waals surface area contributed by atoms with Gasteiger partial charge in [0.2, 0.25) is 0 Å². The van der Waals surface area contributed by atoms with Crippen molar-refractivity contribution in [3.63, 3.8) is 0 Å². The first-order valence-electron chi connectivity index (χ1n) is 3.46. The molecule has 1 radical (unpaired) electrons. The molecule has 69 valence electrons. The fourth-order valence-corrected chi connectivity index (χ4v) is 1.84. The predicted octanol–water partition coefficient (Wildman–Crippen LogP) is -1.65. The van der Waals surface area contributed by atoms with Crippen molar-refractivity contribution in [1.29, 1.82) is 0 Å². The van der Waals surface area contributed by atoms with E-state index in [1.165, 1.54) is 17.3 Å². The summed E-state index contributed by atoms with van der Waals surface area (Å²) in [6.45, 7) is 6.82. The SMILES string of the molecule is CC[S+](CC)CC.[Mg+2].[O-][B][O-].[OH-]. The molecule has 0 saturated heterocycles. The Hall–Kier alpha value is 1.06. The van der Waals surface area contributed by atoms with Crippen molar-refractivity contribution in [2.45, 2.75) is 20.8 Å². The molecular weight excluding hydrogens is 187 g/mol. The first kappa shape index (κ1) is 23.1. The van der Waals surface area contributed by atoms with Crippen LogP contribution in [0.5, 0.6) is 0 Å². The van der Waals surface area contributed by atoms with Crippen LogP contribution in [0.4, 0.5) is 0 Å². The Labute approximate surface area is 95.1 Å². The van der Waals surface area contributed by atoms with Crippen molar-refractivity contribution < 1.29 is 15.5 Å². The largest absolute Gasteiger partial charge is 2.00 e. The summed E-state index contributed by atoms with van der Waals surface area (Å²) in [5, 5.41) is 16.5. The first-order valence-corrected chi connectivity index (χ1v) is 5.19. The van der Waals surface area contributed by atoms with Crippen molar-refractivity contribution in [3.05, 3.63) is 0 Å². The van der Waals surface area contributed by atoms with Crippen LogP contribution in [0.1, 0.15) is 20.8 Å². The van der Waals surface area contributed by atoms with E-state index in [0.29, 0.717) is 0 Å². The summed E-state index contributed by atoms with van der Waals surface area (Å²) < 4.78 is 0. The third-order valence-electron chi connectivity index (χ3n) is 1.22. The average molecular weight is 203 g/mol. The molecule has 0 atom stereocenters. The van der Waals surface area contributed by atoms with Crippen LogP contribution in [-0.2, 0) is 10.9 Å². The smallest absolute Gasteiger partial charge is 0.900 e. The quantitative estimate of drug-likeness (QED) is 0.407. The Morgan fingerprint density at radius 3 is 1.17 bits per heavy atom. The number of hydrogen-bond acceptors (Lipinski definition) is 3. The second-order valence-electron chi connectivity index (χ2n) is 1.57. The summed E-state index contributed by atoms with van der Waals surface area (Å²) in [5.41, 5.74) is 0. The Morgan fingerprint density at radius 1 is 1.00 bits per heavy atom. The molecule has 0 aliphatic heterocycles. The molecule has 0 bridgehead atoms. The van der Waals surface area contributed by atoms with Crippen LogP contribution in [0.25, 0.3) is 0 Å². The van der Waals surface area contributed by atoms with Gasteiger partial charge in [0.15, 0.2) is 0 Å². The zero-order valence-corrected chi connectivity index (χ0v) is 10.3. The molecule has 0 spiro atoms. The molecule has 0 aromatic rings. The summed E-state index contributed by atoms with van der Waals surface area (Å²) >= 11 is 0. The third-order valence-corrected chi connectivity index (χ3v) is 3.67. The summed E-state index contributed by atoms with van der Waals surface area (Å²) in [5.74, 6) is 4.15. The fraction of sp³-hybridized carbons (Fsp3) is 1.00. The molecule has 3 nitrogen and oxygen atoms in total. The Bertz CT molecular complexity index is 52.5. The van der Waals surface area contributed by atoms with Crippen LogP contribution < -0.4 is 10.0 Å². The van der Waals surface area contributed by atoms with E-state index >= 15 is 0 Å². The van der Waals surface area contributed by atoms with Gasteiger partial charge in [0.05, 0.1) is 0 Å². The van der Waals surface area contributed by atoms with E-state index in [-0.39, 0.29) is 28.5 Å². The molecular formula is C6H16BMgO3S. The molecule has 0 aliphatic rings. The molecule has 6 heteroatoms. The summed E-state index contributed by atoms with van der Waals surface area (Å²) in [6.07, 6.45) is 0. The zero-order chi connectivity index (χ0) is 8.41. The fourth-order valence-electron chi connectivity index (χ4n) is 0.612. The zero-order valence-electron chi connectivity index (χ0n) is 8.08. The van der Waals surface area contributed by atoms with Crippen molar-refractivity contribution in [1.82, 2.24) is 0 Å². The van der Waals surface area contributed by atoms with E-state index in [1.54, 1.807) is 0 Å². The molecule has 1 N–H and O–H groups in total. The predicted molar refractivity (Wildman–Crippen MR) is 52.4 cm³/mol. The molecule has 0 heterocycles. The average Bonchev–Trinajstić information content (AvgIpc) is 1.93. The number of hydrogen-bond donors (Lipinski definition) is 0. The molecule has 0 aromatic heterocycles. The molecule has 0 aromatic carbocycles. The Balaban J connectivity index is -0.0000000569. The minimum absolute atomic E-state index is 0. The van der Waals surface area contributed by atoms with E-state index in [9.17, 15) is 0 Å². The van der Waals surface area contributed by atoms with Gasteiger partial charge in [-0.2, -0.15) is 0 Å². The normalized spacial score (nSPS) is 7.17. The molecule has 0 amide bonds. The van der Waals surface area contributed by atoms with Crippen LogP contribution in [0, 0.1) is 0 Å². The second kappa shape index (κ2) is 22.7. The second-order valence-corrected chi connectivity index (χ2v) is 4.53. The monoisotopic (exact) mass is 203 g/mol. The maximum atomic E-state index is 8.25. The third kappa shape index (κ3) is 22.5. The van der Waals surface area contributed by atoms with Crippen molar-refractivity contribution in [3.8, 4) is 0 Å². The molecule has 0 fully saturated rings. The molecule has 12 heavy (non-hydrogen) atoms.